The highest BCUT2D eigenvalue weighted by Gasteiger charge is 2.00. The maximum atomic E-state index is 8.65. The summed E-state index contributed by atoms with van der Waals surface area (Å²) in [6.45, 7) is 3.56. The third-order valence-electron chi connectivity index (χ3n) is 1.73. The summed E-state index contributed by atoms with van der Waals surface area (Å²) in [7, 11) is 0. The van der Waals surface area contributed by atoms with Crippen molar-refractivity contribution in [3.05, 3.63) is 47.3 Å². The maximum absolute atomic E-state index is 8.65. The third kappa shape index (κ3) is 2.94. The zero-order chi connectivity index (χ0) is 12.0. The number of hydrogen-bond donors (Lipinski definition) is 1. The zero-order valence-corrected chi connectivity index (χ0v) is 9.15. The summed E-state index contributed by atoms with van der Waals surface area (Å²) in [4.78, 5) is 7.98. The van der Waals surface area contributed by atoms with Gasteiger partial charge in [-0.2, -0.15) is 5.26 Å². The second kappa shape index (κ2) is 5.69. The Labute approximate surface area is 98.4 Å². The van der Waals surface area contributed by atoms with Crippen molar-refractivity contribution < 1.29 is 0 Å². The van der Waals surface area contributed by atoms with Crippen LogP contribution < -0.4 is 5.73 Å². The Morgan fingerprint density at radius 2 is 2.44 bits per heavy atom. The molecule has 0 saturated heterocycles. The van der Waals surface area contributed by atoms with Crippen molar-refractivity contribution in [2.45, 2.75) is 0 Å². The van der Waals surface area contributed by atoms with E-state index in [1.165, 1.54) is 24.7 Å². The summed E-state index contributed by atoms with van der Waals surface area (Å²) < 4.78 is 0. The number of nitrogens with two attached hydrogens (primary N) is 1. The highest BCUT2D eigenvalue weighted by atomic mass is 35.5. The van der Waals surface area contributed by atoms with Crippen LogP contribution in [0.3, 0.4) is 0 Å². The summed E-state index contributed by atoms with van der Waals surface area (Å²) >= 11 is 5.82. The van der Waals surface area contributed by atoms with Gasteiger partial charge in [0.2, 0.25) is 0 Å². The number of nitriles is 1. The fourth-order valence-corrected chi connectivity index (χ4v) is 1.07. The fraction of sp³-hybridized carbons (Fsp3) is 0. The van der Waals surface area contributed by atoms with Gasteiger partial charge in [0.15, 0.2) is 5.82 Å². The molecule has 1 heterocycles. The molecule has 5 heteroatoms. The van der Waals surface area contributed by atoms with Crippen LogP contribution in [0, 0.1) is 11.3 Å². The van der Waals surface area contributed by atoms with Gasteiger partial charge in [-0.3, -0.25) is 0 Å². The molecule has 0 aliphatic heterocycles. The molecular formula is C11H9ClN4. The molecule has 0 aliphatic rings. The van der Waals surface area contributed by atoms with Gasteiger partial charge in [-0.05, 0) is 0 Å². The molecule has 0 spiro atoms. The van der Waals surface area contributed by atoms with Gasteiger partial charge in [0, 0.05) is 30.3 Å². The molecule has 0 aliphatic carbocycles. The minimum Gasteiger partial charge on any atom is -0.404 e. The predicted molar refractivity (Wildman–Crippen MR) is 64.6 cm³/mol. The van der Waals surface area contributed by atoms with Crippen molar-refractivity contribution in [1.82, 2.24) is 4.98 Å². The van der Waals surface area contributed by atoms with Gasteiger partial charge in [-0.15, -0.1) is 0 Å². The molecule has 0 unspecified atom stereocenters. The summed E-state index contributed by atoms with van der Waals surface area (Å²) in [5, 5.41) is 8.97. The minimum atomic E-state index is 0.318. The Bertz CT molecular complexity index is 497. The monoisotopic (exact) mass is 232 g/mol. The van der Waals surface area contributed by atoms with Gasteiger partial charge in [-0.1, -0.05) is 24.3 Å². The maximum Gasteiger partial charge on any atom is 0.153 e. The van der Waals surface area contributed by atoms with E-state index in [-0.39, 0.29) is 0 Å². The van der Waals surface area contributed by atoms with Crippen molar-refractivity contribution in [2.75, 3.05) is 0 Å². The standard InChI is InChI=1S/C11H9ClN4/c1-2-8(4-13)6-15-11-3-10(12)9(5-14)7-16-11/h2-4,6-7H,1,13H2. The van der Waals surface area contributed by atoms with Crippen LogP contribution in [-0.4, -0.2) is 11.2 Å². The lowest BCUT2D eigenvalue weighted by atomic mass is 10.3. The molecule has 0 amide bonds. The largest absolute Gasteiger partial charge is 0.404 e. The Hall–Kier alpha value is -2.12. The highest BCUT2D eigenvalue weighted by Crippen LogP contribution is 2.19. The Morgan fingerprint density at radius 3 is 2.94 bits per heavy atom. The smallest absolute Gasteiger partial charge is 0.153 e. The molecule has 1 aromatic rings. The number of nitrogens with zero attached hydrogens (tertiary/aromatic N) is 3. The van der Waals surface area contributed by atoms with Crippen LogP contribution in [0.15, 0.2) is 41.7 Å². The van der Waals surface area contributed by atoms with E-state index in [4.69, 9.17) is 22.6 Å². The highest BCUT2D eigenvalue weighted by molar-refractivity contribution is 6.31. The van der Waals surface area contributed by atoms with Crippen LogP contribution in [0.25, 0.3) is 0 Å². The van der Waals surface area contributed by atoms with Gasteiger partial charge in [0.1, 0.15) is 6.07 Å². The van der Waals surface area contributed by atoms with E-state index < -0.39 is 0 Å². The quantitative estimate of drug-likeness (QED) is 0.642. The molecule has 0 bridgehead atoms. The molecular weight excluding hydrogens is 224 g/mol. The van der Waals surface area contributed by atoms with E-state index in [1.54, 1.807) is 6.08 Å². The number of pyridine rings is 1. The Kier molecular flexibility index (Phi) is 4.25. The Balaban J connectivity index is 2.96. The average molecular weight is 233 g/mol. The summed E-state index contributed by atoms with van der Waals surface area (Å²) in [6.07, 6.45) is 5.82. The molecule has 0 fully saturated rings. The normalized spacial score (nSPS) is 11.4. The lowest BCUT2D eigenvalue weighted by Gasteiger charge is -1.96. The van der Waals surface area contributed by atoms with Crippen molar-refractivity contribution in [2.24, 2.45) is 10.7 Å². The molecule has 0 radical (unpaired) electrons. The van der Waals surface area contributed by atoms with Crippen LogP contribution in [0.5, 0.6) is 0 Å². The van der Waals surface area contributed by atoms with Gasteiger partial charge in [0.25, 0.3) is 0 Å². The van der Waals surface area contributed by atoms with E-state index in [2.05, 4.69) is 16.6 Å². The van der Waals surface area contributed by atoms with Gasteiger partial charge < -0.3 is 5.73 Å². The van der Waals surface area contributed by atoms with E-state index >= 15 is 0 Å². The first-order valence-corrected chi connectivity index (χ1v) is 4.73. The van der Waals surface area contributed by atoms with E-state index in [9.17, 15) is 0 Å². The number of halogens is 1. The van der Waals surface area contributed by atoms with Crippen LogP contribution in [0.2, 0.25) is 5.02 Å². The number of rotatable bonds is 3. The zero-order valence-electron chi connectivity index (χ0n) is 8.39. The van der Waals surface area contributed by atoms with Gasteiger partial charge in [-0.25, -0.2) is 9.98 Å². The third-order valence-corrected chi connectivity index (χ3v) is 2.05. The van der Waals surface area contributed by atoms with Crippen molar-refractivity contribution in [1.29, 1.82) is 5.26 Å². The van der Waals surface area contributed by atoms with Crippen LogP contribution in [0.1, 0.15) is 5.56 Å². The van der Waals surface area contributed by atoms with Gasteiger partial charge in [0.05, 0.1) is 10.6 Å². The average Bonchev–Trinajstić information content (AvgIpc) is 2.30. The van der Waals surface area contributed by atoms with Crippen molar-refractivity contribution in [3.8, 4) is 6.07 Å². The number of allylic oxidation sites excluding steroid dienone is 2. The lowest BCUT2D eigenvalue weighted by Crippen LogP contribution is -1.87. The van der Waals surface area contributed by atoms with Crippen LogP contribution in [-0.2, 0) is 0 Å². The molecule has 4 nitrogen and oxygen atoms in total. The first kappa shape index (κ1) is 12.0. The second-order valence-corrected chi connectivity index (χ2v) is 3.17. The minimum absolute atomic E-state index is 0.318. The van der Waals surface area contributed by atoms with Gasteiger partial charge >= 0.3 is 0 Å². The summed E-state index contributed by atoms with van der Waals surface area (Å²) in [5.41, 5.74) is 6.30. The molecule has 16 heavy (non-hydrogen) atoms. The van der Waals surface area contributed by atoms with E-state index in [0.29, 0.717) is 22.0 Å². The SMILES string of the molecule is C=CC(C=Nc1cc(Cl)c(C#N)cn1)=CN. The van der Waals surface area contributed by atoms with Crippen LogP contribution in [0.4, 0.5) is 5.82 Å². The molecule has 1 rings (SSSR count). The molecule has 1 aromatic heterocycles. The summed E-state index contributed by atoms with van der Waals surface area (Å²) in [6, 6.07) is 3.42. The van der Waals surface area contributed by atoms with Crippen molar-refractivity contribution >= 4 is 23.6 Å². The number of aromatic nitrogens is 1. The molecule has 2 N–H and O–H groups in total. The lowest BCUT2D eigenvalue weighted by molar-refractivity contribution is 1.26. The number of aliphatic imine (C=N–C) groups is 1. The predicted octanol–water partition coefficient (Wildman–Crippen LogP) is 2.34. The van der Waals surface area contributed by atoms with Crippen molar-refractivity contribution in [3.63, 3.8) is 0 Å². The molecule has 0 atom stereocenters. The first-order valence-electron chi connectivity index (χ1n) is 4.35. The topological polar surface area (TPSA) is 75.1 Å². The first-order chi connectivity index (χ1) is 7.71. The fourth-order valence-electron chi connectivity index (χ4n) is 0.878. The molecule has 0 saturated carbocycles. The van der Waals surface area contributed by atoms with E-state index in [0.717, 1.165) is 0 Å². The number of hydrogen-bond acceptors (Lipinski definition) is 4. The van der Waals surface area contributed by atoms with E-state index in [1.807, 2.05) is 6.07 Å². The Morgan fingerprint density at radius 1 is 1.69 bits per heavy atom. The summed E-state index contributed by atoms with van der Waals surface area (Å²) in [5.74, 6) is 0.408. The molecule has 80 valence electrons. The van der Waals surface area contributed by atoms with Crippen LogP contribution >= 0.6 is 11.6 Å². The second-order valence-electron chi connectivity index (χ2n) is 2.76. The molecule has 0 aromatic carbocycles.